The molecule has 1 aliphatic rings. The van der Waals surface area contributed by atoms with Crippen molar-refractivity contribution in [1.82, 2.24) is 19.8 Å². The van der Waals surface area contributed by atoms with E-state index in [-0.39, 0.29) is 18.4 Å². The minimum atomic E-state index is -0.475. The maximum atomic E-state index is 12.2. The monoisotopic (exact) mass is 307 g/mol. The third-order valence-corrected chi connectivity index (χ3v) is 3.79. The largest absolute Gasteiger partial charge is 0.347 e. The Labute approximate surface area is 131 Å². The summed E-state index contributed by atoms with van der Waals surface area (Å²) in [6.07, 6.45) is 3.68. The van der Waals surface area contributed by atoms with E-state index in [1.54, 1.807) is 11.1 Å². The number of hydrogen-bond donors (Lipinski definition) is 1. The molecule has 0 saturated carbocycles. The Morgan fingerprint density at radius 2 is 1.86 bits per heavy atom. The van der Waals surface area contributed by atoms with Crippen LogP contribution in [0.4, 0.5) is 5.95 Å². The van der Waals surface area contributed by atoms with Gasteiger partial charge < -0.3 is 19.7 Å². The first-order valence-corrected chi connectivity index (χ1v) is 7.57. The number of nitrogens with zero attached hydrogens (tertiary/aromatic N) is 4. The van der Waals surface area contributed by atoms with Gasteiger partial charge >= 0.3 is 0 Å². The van der Waals surface area contributed by atoms with Crippen LogP contribution in [0.25, 0.3) is 0 Å². The van der Waals surface area contributed by atoms with Gasteiger partial charge in [-0.05, 0) is 0 Å². The molecule has 1 N–H and O–H groups in total. The standard InChI is InChI=1S/C15H25N5O2/c1-15(2,3)13(22)17-11-12(21)19-7-9-20(10-8-19)14-16-5-6-18(14)4/h5-6H,7-11H2,1-4H3,(H,17,22). The fourth-order valence-electron chi connectivity index (χ4n) is 2.35. The molecule has 1 aromatic heterocycles. The van der Waals surface area contributed by atoms with E-state index < -0.39 is 5.41 Å². The van der Waals surface area contributed by atoms with Gasteiger partial charge in [0.25, 0.3) is 0 Å². The second-order valence-corrected chi connectivity index (χ2v) is 6.64. The van der Waals surface area contributed by atoms with Crippen LogP contribution in [0.15, 0.2) is 12.4 Å². The van der Waals surface area contributed by atoms with Crippen molar-refractivity contribution in [3.05, 3.63) is 12.4 Å². The molecule has 0 radical (unpaired) electrons. The Kier molecular flexibility index (Phi) is 4.73. The molecule has 1 fully saturated rings. The first-order chi connectivity index (χ1) is 10.3. The predicted molar refractivity (Wildman–Crippen MR) is 84.5 cm³/mol. The van der Waals surface area contributed by atoms with Crippen molar-refractivity contribution in [3.8, 4) is 0 Å². The van der Waals surface area contributed by atoms with Gasteiger partial charge in [0.05, 0.1) is 6.54 Å². The summed E-state index contributed by atoms with van der Waals surface area (Å²) < 4.78 is 1.97. The number of rotatable bonds is 3. The van der Waals surface area contributed by atoms with Crippen LogP contribution >= 0.6 is 0 Å². The van der Waals surface area contributed by atoms with Crippen LogP contribution in [0.5, 0.6) is 0 Å². The second-order valence-electron chi connectivity index (χ2n) is 6.64. The summed E-state index contributed by atoms with van der Waals surface area (Å²) in [5.41, 5.74) is -0.475. The van der Waals surface area contributed by atoms with Gasteiger partial charge in [0.15, 0.2) is 0 Å². The van der Waals surface area contributed by atoms with Gasteiger partial charge in [0.2, 0.25) is 17.8 Å². The third-order valence-electron chi connectivity index (χ3n) is 3.79. The second kappa shape index (κ2) is 6.37. The molecule has 2 rings (SSSR count). The Hall–Kier alpha value is -2.05. The van der Waals surface area contributed by atoms with Crippen LogP contribution in [0, 0.1) is 5.41 Å². The highest BCUT2D eigenvalue weighted by Crippen LogP contribution is 2.14. The first kappa shape index (κ1) is 16.3. The molecule has 1 aliphatic heterocycles. The van der Waals surface area contributed by atoms with Crippen molar-refractivity contribution in [2.24, 2.45) is 12.5 Å². The molecule has 2 heterocycles. The number of carbonyl (C=O) groups excluding carboxylic acids is 2. The Balaban J connectivity index is 1.80. The zero-order valence-electron chi connectivity index (χ0n) is 13.8. The lowest BCUT2D eigenvalue weighted by atomic mass is 9.96. The summed E-state index contributed by atoms with van der Waals surface area (Å²) in [4.78, 5) is 32.2. The lowest BCUT2D eigenvalue weighted by Crippen LogP contribution is -2.52. The summed E-state index contributed by atoms with van der Waals surface area (Å²) in [5.74, 6) is 0.790. The highest BCUT2D eigenvalue weighted by atomic mass is 16.2. The summed E-state index contributed by atoms with van der Waals surface area (Å²) in [7, 11) is 1.96. The molecule has 0 aromatic carbocycles. The van der Waals surface area contributed by atoms with Crippen LogP contribution in [0.2, 0.25) is 0 Å². The van der Waals surface area contributed by atoms with Crippen molar-refractivity contribution in [1.29, 1.82) is 0 Å². The van der Waals surface area contributed by atoms with Crippen molar-refractivity contribution in [2.75, 3.05) is 37.6 Å². The quantitative estimate of drug-likeness (QED) is 0.868. The molecular weight excluding hydrogens is 282 g/mol. The van der Waals surface area contributed by atoms with Crippen LogP contribution in [0.3, 0.4) is 0 Å². The maximum absolute atomic E-state index is 12.2. The zero-order chi connectivity index (χ0) is 16.3. The first-order valence-electron chi connectivity index (χ1n) is 7.57. The highest BCUT2D eigenvalue weighted by molar-refractivity contribution is 5.87. The van der Waals surface area contributed by atoms with E-state index in [1.165, 1.54) is 0 Å². The number of amides is 2. The minimum absolute atomic E-state index is 0.0305. The van der Waals surface area contributed by atoms with Gasteiger partial charge in [-0.3, -0.25) is 9.59 Å². The number of aryl methyl sites for hydroxylation is 1. The number of nitrogens with one attached hydrogen (secondary N) is 1. The van der Waals surface area contributed by atoms with Crippen LogP contribution in [0.1, 0.15) is 20.8 Å². The molecule has 122 valence electrons. The number of piperazine rings is 1. The van der Waals surface area contributed by atoms with E-state index in [0.717, 1.165) is 19.0 Å². The smallest absolute Gasteiger partial charge is 0.242 e. The Bertz CT molecular complexity index is 538. The molecule has 7 nitrogen and oxygen atoms in total. The molecule has 22 heavy (non-hydrogen) atoms. The molecule has 0 unspecified atom stereocenters. The van der Waals surface area contributed by atoms with Gasteiger partial charge in [-0.25, -0.2) is 4.98 Å². The molecule has 0 aliphatic carbocycles. The third kappa shape index (κ3) is 3.78. The predicted octanol–water partition coefficient (Wildman–Crippen LogP) is 0.231. The zero-order valence-corrected chi connectivity index (χ0v) is 13.8. The van der Waals surface area contributed by atoms with E-state index >= 15 is 0 Å². The van der Waals surface area contributed by atoms with Gasteiger partial charge in [-0.15, -0.1) is 0 Å². The van der Waals surface area contributed by atoms with Gasteiger partial charge in [0, 0.05) is 51.0 Å². The van der Waals surface area contributed by atoms with Gasteiger partial charge in [-0.2, -0.15) is 0 Å². The number of anilines is 1. The average Bonchev–Trinajstić information content (AvgIpc) is 2.89. The van der Waals surface area contributed by atoms with Crippen molar-refractivity contribution in [3.63, 3.8) is 0 Å². The molecule has 7 heteroatoms. The molecule has 0 atom stereocenters. The molecular formula is C15H25N5O2. The molecule has 0 bridgehead atoms. The molecule has 1 saturated heterocycles. The van der Waals surface area contributed by atoms with Crippen LogP contribution in [-0.2, 0) is 16.6 Å². The fourth-order valence-corrected chi connectivity index (χ4v) is 2.35. The van der Waals surface area contributed by atoms with E-state index in [0.29, 0.717) is 13.1 Å². The number of carbonyl (C=O) groups is 2. The number of aromatic nitrogens is 2. The summed E-state index contributed by atoms with van der Waals surface area (Å²) >= 11 is 0. The lowest BCUT2D eigenvalue weighted by molar-refractivity contribution is -0.135. The summed E-state index contributed by atoms with van der Waals surface area (Å²) in [5, 5.41) is 2.71. The fraction of sp³-hybridized carbons (Fsp3) is 0.667. The molecule has 1 aromatic rings. The molecule has 2 amide bonds. The Morgan fingerprint density at radius 1 is 1.23 bits per heavy atom. The topological polar surface area (TPSA) is 70.5 Å². The van der Waals surface area contributed by atoms with E-state index in [2.05, 4.69) is 15.2 Å². The average molecular weight is 307 g/mol. The summed E-state index contributed by atoms with van der Waals surface area (Å²) in [6.45, 7) is 8.37. The number of hydrogen-bond acceptors (Lipinski definition) is 4. The molecule has 0 spiro atoms. The van der Waals surface area contributed by atoms with E-state index in [1.807, 2.05) is 38.6 Å². The van der Waals surface area contributed by atoms with Gasteiger partial charge in [-0.1, -0.05) is 20.8 Å². The Morgan fingerprint density at radius 3 is 2.36 bits per heavy atom. The normalized spacial score (nSPS) is 15.8. The number of imidazole rings is 1. The van der Waals surface area contributed by atoms with Crippen molar-refractivity contribution in [2.45, 2.75) is 20.8 Å². The van der Waals surface area contributed by atoms with E-state index in [9.17, 15) is 9.59 Å². The van der Waals surface area contributed by atoms with E-state index in [4.69, 9.17) is 0 Å². The van der Waals surface area contributed by atoms with Crippen LogP contribution in [-0.4, -0.2) is 59.0 Å². The summed E-state index contributed by atoms with van der Waals surface area (Å²) in [6, 6.07) is 0. The maximum Gasteiger partial charge on any atom is 0.242 e. The minimum Gasteiger partial charge on any atom is -0.347 e. The lowest BCUT2D eigenvalue weighted by Gasteiger charge is -2.35. The van der Waals surface area contributed by atoms with Crippen molar-refractivity contribution < 1.29 is 9.59 Å². The van der Waals surface area contributed by atoms with Gasteiger partial charge in [0.1, 0.15) is 0 Å². The van der Waals surface area contributed by atoms with Crippen molar-refractivity contribution >= 4 is 17.8 Å². The highest BCUT2D eigenvalue weighted by Gasteiger charge is 2.25. The SMILES string of the molecule is Cn1ccnc1N1CCN(C(=O)CNC(=O)C(C)(C)C)CC1. The van der Waals surface area contributed by atoms with Crippen LogP contribution < -0.4 is 10.2 Å².